The van der Waals surface area contributed by atoms with Gasteiger partial charge in [-0.1, -0.05) is 6.92 Å². The molecule has 0 aromatic heterocycles. The van der Waals surface area contributed by atoms with Crippen molar-refractivity contribution in [3.63, 3.8) is 0 Å². The van der Waals surface area contributed by atoms with Crippen LogP contribution in [0.15, 0.2) is 24.3 Å². The average Bonchev–Trinajstić information content (AvgIpc) is 2.25. The summed E-state index contributed by atoms with van der Waals surface area (Å²) < 4.78 is 10.9. The lowest BCUT2D eigenvalue weighted by Gasteiger charge is -2.09. The molecular weight excluding hydrogens is 190 g/mol. The molecule has 0 amide bonds. The van der Waals surface area contributed by atoms with E-state index in [-0.39, 0.29) is 6.04 Å². The van der Waals surface area contributed by atoms with E-state index in [0.717, 1.165) is 24.5 Å². The maximum Gasteiger partial charge on any atom is 0.119 e. The van der Waals surface area contributed by atoms with Gasteiger partial charge in [-0.3, -0.25) is 0 Å². The molecule has 0 unspecified atom stereocenters. The highest BCUT2D eigenvalue weighted by Gasteiger charge is 1.98. The Hall–Kier alpha value is -1.22. The van der Waals surface area contributed by atoms with Gasteiger partial charge in [0.15, 0.2) is 0 Å². The van der Waals surface area contributed by atoms with E-state index in [0.29, 0.717) is 6.61 Å². The van der Waals surface area contributed by atoms with Gasteiger partial charge in [0.2, 0.25) is 0 Å². The van der Waals surface area contributed by atoms with Gasteiger partial charge in [-0.2, -0.15) is 0 Å². The van der Waals surface area contributed by atoms with E-state index in [4.69, 9.17) is 15.2 Å². The van der Waals surface area contributed by atoms with Crippen molar-refractivity contribution in [2.75, 3.05) is 13.2 Å². The van der Waals surface area contributed by atoms with E-state index < -0.39 is 0 Å². The molecule has 0 aliphatic rings. The Bertz CT molecular complexity index is 269. The monoisotopic (exact) mass is 209 g/mol. The topological polar surface area (TPSA) is 44.5 Å². The Labute approximate surface area is 91.2 Å². The fraction of sp³-hybridized carbons (Fsp3) is 0.500. The molecule has 0 radical (unpaired) electrons. The summed E-state index contributed by atoms with van der Waals surface area (Å²) in [7, 11) is 0. The second-order valence-corrected chi connectivity index (χ2v) is 3.61. The molecule has 2 N–H and O–H groups in total. The Morgan fingerprint density at radius 2 is 1.67 bits per heavy atom. The maximum absolute atomic E-state index is 5.59. The predicted octanol–water partition coefficient (Wildman–Crippen LogP) is 2.20. The van der Waals surface area contributed by atoms with E-state index in [9.17, 15) is 0 Å². The molecule has 3 nitrogen and oxygen atoms in total. The van der Waals surface area contributed by atoms with E-state index >= 15 is 0 Å². The van der Waals surface area contributed by atoms with Crippen LogP contribution in [0.1, 0.15) is 20.3 Å². The number of ether oxygens (including phenoxy) is 2. The van der Waals surface area contributed by atoms with Crippen molar-refractivity contribution in [3.05, 3.63) is 24.3 Å². The highest BCUT2D eigenvalue weighted by molar-refractivity contribution is 5.31. The second kappa shape index (κ2) is 6.30. The van der Waals surface area contributed by atoms with Crippen molar-refractivity contribution in [3.8, 4) is 11.5 Å². The Morgan fingerprint density at radius 3 is 2.13 bits per heavy atom. The lowest BCUT2D eigenvalue weighted by atomic mass is 10.3. The van der Waals surface area contributed by atoms with E-state index in [1.54, 1.807) is 0 Å². The van der Waals surface area contributed by atoms with Crippen molar-refractivity contribution in [2.24, 2.45) is 5.73 Å². The molecule has 1 aromatic carbocycles. The van der Waals surface area contributed by atoms with E-state index in [1.165, 1.54) is 0 Å². The summed E-state index contributed by atoms with van der Waals surface area (Å²) in [6, 6.07) is 7.67. The number of hydrogen-bond acceptors (Lipinski definition) is 3. The van der Waals surface area contributed by atoms with Gasteiger partial charge in [0.25, 0.3) is 0 Å². The van der Waals surface area contributed by atoms with Crippen molar-refractivity contribution in [1.82, 2.24) is 0 Å². The summed E-state index contributed by atoms with van der Waals surface area (Å²) in [5.74, 6) is 1.71. The highest BCUT2D eigenvalue weighted by atomic mass is 16.5. The van der Waals surface area contributed by atoms with Gasteiger partial charge < -0.3 is 15.2 Å². The molecule has 0 heterocycles. The van der Waals surface area contributed by atoms with Crippen molar-refractivity contribution in [1.29, 1.82) is 0 Å². The third-order valence-corrected chi connectivity index (χ3v) is 1.81. The Kier molecular flexibility index (Phi) is 4.98. The van der Waals surface area contributed by atoms with Gasteiger partial charge in [0.05, 0.1) is 6.61 Å². The molecule has 3 heteroatoms. The molecule has 0 fully saturated rings. The van der Waals surface area contributed by atoms with Crippen LogP contribution in [0.5, 0.6) is 11.5 Å². The molecule has 15 heavy (non-hydrogen) atoms. The lowest BCUT2D eigenvalue weighted by molar-refractivity contribution is 0.293. The van der Waals surface area contributed by atoms with Crippen LogP contribution in [0.25, 0.3) is 0 Å². The van der Waals surface area contributed by atoms with Crippen LogP contribution in [0.4, 0.5) is 0 Å². The number of nitrogens with two attached hydrogens (primary N) is 1. The van der Waals surface area contributed by atoms with Crippen LogP contribution < -0.4 is 15.2 Å². The first-order valence-electron chi connectivity index (χ1n) is 5.33. The van der Waals surface area contributed by atoms with Gasteiger partial charge in [0, 0.05) is 6.04 Å². The molecule has 1 atom stereocenters. The summed E-state index contributed by atoms with van der Waals surface area (Å²) in [4.78, 5) is 0. The van der Waals surface area contributed by atoms with Crippen molar-refractivity contribution in [2.45, 2.75) is 26.3 Å². The average molecular weight is 209 g/mol. The second-order valence-electron chi connectivity index (χ2n) is 3.61. The van der Waals surface area contributed by atoms with E-state index in [1.807, 2.05) is 31.2 Å². The van der Waals surface area contributed by atoms with Gasteiger partial charge in [-0.05, 0) is 37.6 Å². The number of hydrogen-bond donors (Lipinski definition) is 1. The lowest BCUT2D eigenvalue weighted by Crippen LogP contribution is -2.23. The maximum atomic E-state index is 5.59. The van der Waals surface area contributed by atoms with Gasteiger partial charge in [-0.25, -0.2) is 0 Å². The van der Waals surface area contributed by atoms with Crippen LogP contribution in [0.2, 0.25) is 0 Å². The zero-order valence-corrected chi connectivity index (χ0v) is 9.40. The third kappa shape index (κ3) is 4.70. The summed E-state index contributed by atoms with van der Waals surface area (Å²) in [5.41, 5.74) is 5.59. The highest BCUT2D eigenvalue weighted by Crippen LogP contribution is 2.17. The van der Waals surface area contributed by atoms with Crippen LogP contribution in [0, 0.1) is 0 Å². The predicted molar refractivity (Wildman–Crippen MR) is 61.4 cm³/mol. The molecule has 0 saturated heterocycles. The zero-order chi connectivity index (χ0) is 11.1. The summed E-state index contributed by atoms with van der Waals surface area (Å²) in [5, 5.41) is 0. The normalized spacial score (nSPS) is 12.2. The third-order valence-electron chi connectivity index (χ3n) is 1.81. The quantitative estimate of drug-likeness (QED) is 0.781. The Balaban J connectivity index is 2.41. The molecule has 1 rings (SSSR count). The van der Waals surface area contributed by atoms with Crippen LogP contribution >= 0.6 is 0 Å². The smallest absolute Gasteiger partial charge is 0.119 e. The Morgan fingerprint density at radius 1 is 1.13 bits per heavy atom. The first-order valence-corrected chi connectivity index (χ1v) is 5.33. The van der Waals surface area contributed by atoms with E-state index in [2.05, 4.69) is 6.92 Å². The number of rotatable bonds is 6. The minimum Gasteiger partial charge on any atom is -0.494 e. The standard InChI is InChI=1S/C12H19NO2/c1-3-8-14-11-4-6-12(7-5-11)15-9-10(2)13/h4-7,10H,3,8-9,13H2,1-2H3/t10-/m0/s1. The van der Waals surface area contributed by atoms with Crippen LogP contribution in [0.3, 0.4) is 0 Å². The summed E-state index contributed by atoms with van der Waals surface area (Å²) in [6.45, 7) is 5.29. The van der Waals surface area contributed by atoms with Gasteiger partial charge >= 0.3 is 0 Å². The molecule has 0 aliphatic carbocycles. The molecule has 0 spiro atoms. The fourth-order valence-corrected chi connectivity index (χ4v) is 1.08. The van der Waals surface area contributed by atoms with Crippen molar-refractivity contribution >= 4 is 0 Å². The minimum atomic E-state index is 0.0565. The molecular formula is C12H19NO2. The summed E-state index contributed by atoms with van der Waals surface area (Å²) >= 11 is 0. The first-order chi connectivity index (χ1) is 7.22. The molecule has 0 aliphatic heterocycles. The SMILES string of the molecule is CCCOc1ccc(OC[C@H](C)N)cc1. The largest absolute Gasteiger partial charge is 0.494 e. The molecule has 1 aromatic rings. The number of benzene rings is 1. The van der Waals surface area contributed by atoms with Crippen LogP contribution in [-0.4, -0.2) is 19.3 Å². The van der Waals surface area contributed by atoms with Crippen LogP contribution in [-0.2, 0) is 0 Å². The molecule has 0 saturated carbocycles. The molecule has 84 valence electrons. The van der Waals surface area contributed by atoms with Gasteiger partial charge in [-0.15, -0.1) is 0 Å². The zero-order valence-electron chi connectivity index (χ0n) is 9.40. The first kappa shape index (κ1) is 11.9. The van der Waals surface area contributed by atoms with Crippen molar-refractivity contribution < 1.29 is 9.47 Å². The molecule has 0 bridgehead atoms. The van der Waals surface area contributed by atoms with Gasteiger partial charge in [0.1, 0.15) is 18.1 Å². The fourth-order valence-electron chi connectivity index (χ4n) is 1.08. The minimum absolute atomic E-state index is 0.0565. The summed E-state index contributed by atoms with van der Waals surface area (Å²) in [6.07, 6.45) is 1.02.